The lowest BCUT2D eigenvalue weighted by Crippen LogP contribution is -2.65. The molecule has 0 amide bonds. The standard InChI is InChI=1S/C18H48O14Si5.C9H26O9Si3.C9H26O8Si3/c1-13-29-37(30-14-2,31-35(25-9,26-10)17-15-33(19-3,20-4)21-5)32-36(27-11,28-12)18-16-34(22-6,23-7)24-8;1-10-19(11-2,12-3)9-20(13-4,14-5)18-21(15-6,16-7)17-8;1-10-18(8,11-2)17-20(15-6,16-7)9-19(12-3,13-4)14-5/h13-18H2,1-12H3;9H2,1-8H3;9H2,1-8H3. The van der Waals surface area contributed by atoms with E-state index in [1.807, 2.05) is 0 Å². The highest BCUT2D eigenvalue weighted by atomic mass is 28.5. The zero-order valence-electron chi connectivity index (χ0n) is 51.8. The van der Waals surface area contributed by atoms with Crippen LogP contribution in [0.25, 0.3) is 0 Å². The maximum Gasteiger partial charge on any atom is 0.671 e. The summed E-state index contributed by atoms with van der Waals surface area (Å²) in [6.45, 7) is 5.80. The van der Waals surface area contributed by atoms with Crippen LogP contribution in [0.2, 0.25) is 42.1 Å². The predicted molar refractivity (Wildman–Crippen MR) is 301 cm³/mol. The molecular weight excluding hydrogens is 1240 g/mol. The van der Waals surface area contributed by atoms with Crippen molar-refractivity contribution in [3.8, 4) is 0 Å². The molecule has 31 nitrogen and oxygen atoms in total. The molecule has 0 aliphatic carbocycles. The quantitative estimate of drug-likeness (QED) is 0.0790. The number of rotatable bonds is 47. The average molecular weight is 1340 g/mol. The first-order chi connectivity index (χ1) is 36.8. The summed E-state index contributed by atoms with van der Waals surface area (Å²) in [5.41, 5.74) is 0.438. The minimum atomic E-state index is -3.99. The molecular formula is C36H100O31Si11. The second-order valence-electron chi connectivity index (χ2n) is 15.1. The van der Waals surface area contributed by atoms with Gasteiger partial charge in [-0.1, -0.05) is 0 Å². The zero-order valence-corrected chi connectivity index (χ0v) is 62.8. The Hall–Kier alpha value is 1.15. The molecule has 78 heavy (non-hydrogen) atoms. The van der Waals surface area contributed by atoms with Gasteiger partial charge in [0.1, 0.15) is 0 Å². The molecule has 0 spiro atoms. The number of hydrogen-bond acceptors (Lipinski definition) is 31. The molecule has 0 aliphatic heterocycles. The molecule has 0 atom stereocenters. The highest BCUT2D eigenvalue weighted by Crippen LogP contribution is 2.34. The lowest BCUT2D eigenvalue weighted by molar-refractivity contribution is -0.0102. The van der Waals surface area contributed by atoms with Crippen molar-refractivity contribution < 1.29 is 136 Å². The lowest BCUT2D eigenvalue weighted by atomic mass is 10.9. The molecule has 0 aromatic carbocycles. The van der Waals surface area contributed by atoms with Crippen molar-refractivity contribution >= 4 is 97.3 Å². The largest absolute Gasteiger partial charge is 0.671 e. The van der Waals surface area contributed by atoms with Crippen molar-refractivity contribution in [2.24, 2.45) is 0 Å². The third-order valence-electron chi connectivity index (χ3n) is 11.9. The van der Waals surface area contributed by atoms with Crippen LogP contribution < -0.4 is 0 Å². The first-order valence-corrected chi connectivity index (χ1v) is 44.6. The Balaban J connectivity index is -0.00000117. The molecule has 0 rings (SSSR count). The van der Waals surface area contributed by atoms with Crippen molar-refractivity contribution in [1.82, 2.24) is 0 Å². The van der Waals surface area contributed by atoms with Gasteiger partial charge in [-0.25, -0.2) is 0 Å². The molecule has 474 valence electrons. The van der Waals surface area contributed by atoms with Gasteiger partial charge in [0, 0.05) is 222 Å². The lowest BCUT2D eigenvalue weighted by Gasteiger charge is -2.40. The van der Waals surface area contributed by atoms with Crippen LogP contribution in [-0.4, -0.2) is 288 Å². The van der Waals surface area contributed by atoms with Crippen LogP contribution >= 0.6 is 0 Å². The van der Waals surface area contributed by atoms with Crippen LogP contribution in [0.1, 0.15) is 13.8 Å². The van der Waals surface area contributed by atoms with Crippen molar-refractivity contribution in [3.05, 3.63) is 0 Å². The summed E-state index contributed by atoms with van der Waals surface area (Å²) >= 11 is 0. The van der Waals surface area contributed by atoms with Gasteiger partial charge >= 0.3 is 97.3 Å². The Morgan fingerprint density at radius 1 is 0.205 bits per heavy atom. The summed E-state index contributed by atoms with van der Waals surface area (Å²) in [7, 11) is 2.10. The summed E-state index contributed by atoms with van der Waals surface area (Å²) in [5.74, 6) is 0. The first-order valence-electron chi connectivity index (χ1n) is 23.7. The van der Waals surface area contributed by atoms with Crippen molar-refractivity contribution in [2.75, 3.05) is 191 Å². The molecule has 0 fully saturated rings. The Kier molecular flexibility index (Phi) is 44.1. The molecule has 0 aliphatic rings. The molecule has 0 saturated heterocycles. The van der Waals surface area contributed by atoms with E-state index in [0.29, 0.717) is 12.1 Å². The average Bonchev–Trinajstić information content (AvgIpc) is 3.49. The fraction of sp³-hybridized carbons (Fsp3) is 1.00. The first kappa shape index (κ1) is 83.4. The molecule has 0 unspecified atom stereocenters. The van der Waals surface area contributed by atoms with E-state index >= 15 is 0 Å². The minimum absolute atomic E-state index is 0.182. The summed E-state index contributed by atoms with van der Waals surface area (Å²) in [4.78, 5) is 0. The molecule has 0 aromatic rings. The molecule has 42 heteroatoms. The zero-order chi connectivity index (χ0) is 61.1. The van der Waals surface area contributed by atoms with Gasteiger partial charge < -0.3 is 136 Å². The van der Waals surface area contributed by atoms with Gasteiger partial charge in [0.2, 0.25) is 0 Å². The van der Waals surface area contributed by atoms with E-state index in [0.717, 1.165) is 0 Å². The Bertz CT molecular complexity index is 1350. The monoisotopic (exact) mass is 1340 g/mol. The Morgan fingerprint density at radius 3 is 0.603 bits per heavy atom. The maximum atomic E-state index is 6.52. The Labute approximate surface area is 478 Å². The molecule has 0 heterocycles. The SMILES string of the molecule is CCO[Si](OCC)(O[Si](CC[Si](OC)(OC)OC)(OC)OC)O[Si](CC[Si](OC)(OC)OC)(OC)OC.CO[Si](C)(OC)O[Si](C[Si](OC)(OC)OC)(OC)OC.CO[Si](C[Si](OC)(OC)O[Si](OC)(OC)OC)(OC)OC. The van der Waals surface area contributed by atoms with E-state index in [4.69, 9.17) is 136 Å². The van der Waals surface area contributed by atoms with Crippen LogP contribution in [0.5, 0.6) is 0 Å². The maximum absolute atomic E-state index is 6.52. The van der Waals surface area contributed by atoms with E-state index in [9.17, 15) is 0 Å². The van der Waals surface area contributed by atoms with E-state index in [2.05, 4.69) is 0 Å². The second-order valence-corrected chi connectivity index (χ2v) is 48.6. The van der Waals surface area contributed by atoms with E-state index in [1.165, 1.54) is 178 Å². The molecule has 0 N–H and O–H groups in total. The van der Waals surface area contributed by atoms with Crippen molar-refractivity contribution in [3.63, 3.8) is 0 Å². The van der Waals surface area contributed by atoms with Crippen LogP contribution in [0.4, 0.5) is 0 Å². The molecule has 0 radical (unpaired) electrons. The van der Waals surface area contributed by atoms with Crippen LogP contribution in [0.15, 0.2) is 0 Å². The van der Waals surface area contributed by atoms with Crippen molar-refractivity contribution in [2.45, 2.75) is 55.9 Å². The Morgan fingerprint density at radius 2 is 0.410 bits per heavy atom. The fourth-order valence-corrected chi connectivity index (χ4v) is 43.1. The third kappa shape index (κ3) is 24.9. The van der Waals surface area contributed by atoms with Gasteiger partial charge in [-0.05, 0) is 13.8 Å². The molecule has 0 aromatic heterocycles. The summed E-state index contributed by atoms with van der Waals surface area (Å²) in [6.07, 6.45) is 0. The highest BCUT2D eigenvalue weighted by Gasteiger charge is 2.64. The highest BCUT2D eigenvalue weighted by molar-refractivity contribution is 6.85. The van der Waals surface area contributed by atoms with Gasteiger partial charge in [0.25, 0.3) is 0 Å². The van der Waals surface area contributed by atoms with Crippen LogP contribution in [0.3, 0.4) is 0 Å². The predicted octanol–water partition coefficient (Wildman–Crippen LogP) is 2.29. The van der Waals surface area contributed by atoms with Gasteiger partial charge in [-0.15, -0.1) is 0 Å². The van der Waals surface area contributed by atoms with Gasteiger partial charge in [-0.3, -0.25) is 0 Å². The van der Waals surface area contributed by atoms with Gasteiger partial charge in [0.15, 0.2) is 0 Å². The summed E-state index contributed by atoms with van der Waals surface area (Å²) in [6, 6.07) is 1.27. The second kappa shape index (κ2) is 41.3. The molecule has 0 bridgehead atoms. The van der Waals surface area contributed by atoms with E-state index in [1.54, 1.807) is 20.4 Å². The molecule has 0 saturated carbocycles. The van der Waals surface area contributed by atoms with Crippen molar-refractivity contribution in [1.29, 1.82) is 0 Å². The van der Waals surface area contributed by atoms with Crippen LogP contribution in [0, 0.1) is 0 Å². The van der Waals surface area contributed by atoms with Crippen LogP contribution in [-0.2, 0) is 136 Å². The number of hydrogen-bond donors (Lipinski definition) is 0. The summed E-state index contributed by atoms with van der Waals surface area (Å²) in [5, 5.41) is 0. The summed E-state index contributed by atoms with van der Waals surface area (Å²) < 4.78 is 175. The van der Waals surface area contributed by atoms with E-state index in [-0.39, 0.29) is 36.6 Å². The topological polar surface area (TPSA) is 286 Å². The van der Waals surface area contributed by atoms with E-state index < -0.39 is 97.3 Å². The van der Waals surface area contributed by atoms with Gasteiger partial charge in [-0.2, -0.15) is 0 Å². The third-order valence-corrected chi connectivity index (χ3v) is 49.4. The normalized spacial score (nSPS) is 13.8. The van der Waals surface area contributed by atoms with Gasteiger partial charge in [0.05, 0.1) is 11.3 Å². The minimum Gasteiger partial charge on any atom is -0.377 e. The fourth-order valence-electron chi connectivity index (χ4n) is 6.66. The smallest absolute Gasteiger partial charge is 0.377 e.